The van der Waals surface area contributed by atoms with Crippen molar-refractivity contribution in [3.05, 3.63) is 36.0 Å². The Morgan fingerprint density at radius 3 is 2.86 bits per heavy atom. The highest BCUT2D eigenvalue weighted by Gasteiger charge is 2.53. The number of Topliss-reactive ketones (excluding diaryl/α,β-unsaturated/α-hetero) is 1. The van der Waals surface area contributed by atoms with Gasteiger partial charge < -0.3 is 0 Å². The van der Waals surface area contributed by atoms with Crippen molar-refractivity contribution in [3.8, 4) is 0 Å². The number of carbonyl (C=O) groups excluding carboxylic acids is 1. The molecule has 0 spiro atoms. The van der Waals surface area contributed by atoms with Gasteiger partial charge in [0.1, 0.15) is 0 Å². The molecule has 1 fully saturated rings. The van der Waals surface area contributed by atoms with Crippen LogP contribution in [0.3, 0.4) is 0 Å². The fourth-order valence-electron chi connectivity index (χ4n) is 3.08. The lowest BCUT2D eigenvalue weighted by atomic mass is 9.91. The standard InChI is InChI=1S/C15H15F2N3O/c16-10-8-11(9-4-2-1-3-5-9)20-14(10)18-13(19-20)12(21)15(17)6-7-15/h1-4,9-11H,5-8H2/t9?,10-,11-/m0/s1. The second-order valence-electron chi connectivity index (χ2n) is 6.02. The second kappa shape index (κ2) is 4.32. The molecule has 2 aliphatic carbocycles. The number of rotatable bonds is 3. The Labute approximate surface area is 120 Å². The van der Waals surface area contributed by atoms with Gasteiger partial charge in [-0.1, -0.05) is 24.3 Å². The molecule has 21 heavy (non-hydrogen) atoms. The third-order valence-electron chi connectivity index (χ3n) is 4.51. The average molecular weight is 291 g/mol. The van der Waals surface area contributed by atoms with Crippen LogP contribution in [-0.4, -0.2) is 26.2 Å². The molecule has 0 bridgehead atoms. The van der Waals surface area contributed by atoms with Gasteiger partial charge in [0, 0.05) is 12.3 Å². The van der Waals surface area contributed by atoms with E-state index >= 15 is 0 Å². The predicted octanol–water partition coefficient (Wildman–Crippen LogP) is 3.05. The Hall–Kier alpha value is -1.85. The van der Waals surface area contributed by atoms with Crippen LogP contribution in [0.25, 0.3) is 0 Å². The van der Waals surface area contributed by atoms with Gasteiger partial charge in [0.25, 0.3) is 0 Å². The predicted molar refractivity (Wildman–Crippen MR) is 71.3 cm³/mol. The van der Waals surface area contributed by atoms with E-state index in [1.807, 2.05) is 24.3 Å². The summed E-state index contributed by atoms with van der Waals surface area (Å²) in [5.41, 5.74) is -1.81. The van der Waals surface area contributed by atoms with Crippen molar-refractivity contribution in [1.29, 1.82) is 0 Å². The molecule has 1 aromatic rings. The van der Waals surface area contributed by atoms with E-state index in [2.05, 4.69) is 10.1 Å². The molecule has 3 aliphatic rings. The van der Waals surface area contributed by atoms with Crippen molar-refractivity contribution in [2.24, 2.45) is 5.92 Å². The highest BCUT2D eigenvalue weighted by Crippen LogP contribution is 2.44. The number of alkyl halides is 2. The van der Waals surface area contributed by atoms with Crippen LogP contribution >= 0.6 is 0 Å². The first kappa shape index (κ1) is 12.9. The Kier molecular flexibility index (Phi) is 2.65. The summed E-state index contributed by atoms with van der Waals surface area (Å²) in [5, 5.41) is 4.12. The third-order valence-corrected chi connectivity index (χ3v) is 4.51. The molecule has 3 atom stereocenters. The van der Waals surface area contributed by atoms with Gasteiger partial charge in [-0.2, -0.15) is 0 Å². The lowest BCUT2D eigenvalue weighted by Crippen LogP contribution is -2.21. The van der Waals surface area contributed by atoms with E-state index in [1.54, 1.807) is 0 Å². The number of halogens is 2. The molecule has 0 aromatic carbocycles. The highest BCUT2D eigenvalue weighted by molar-refractivity contribution is 6.01. The smallest absolute Gasteiger partial charge is 0.238 e. The van der Waals surface area contributed by atoms with Crippen molar-refractivity contribution in [2.45, 2.75) is 43.6 Å². The number of ketones is 1. The highest BCUT2D eigenvalue weighted by atomic mass is 19.1. The number of hydrogen-bond acceptors (Lipinski definition) is 3. The van der Waals surface area contributed by atoms with Crippen LogP contribution in [0.1, 0.15) is 54.3 Å². The molecule has 6 heteroatoms. The second-order valence-corrected chi connectivity index (χ2v) is 6.02. The number of fused-ring (bicyclic) bond motifs is 1. The van der Waals surface area contributed by atoms with Crippen LogP contribution in [-0.2, 0) is 0 Å². The molecule has 4 nitrogen and oxygen atoms in total. The Balaban J connectivity index is 1.66. The minimum absolute atomic E-state index is 0.138. The SMILES string of the molecule is O=C(c1nc2n(n1)[C@H](C1C=CC=CC1)C[C@@H]2F)C1(F)CC1. The normalized spacial score (nSPS) is 32.2. The van der Waals surface area contributed by atoms with Crippen LogP contribution in [0.2, 0.25) is 0 Å². The van der Waals surface area contributed by atoms with Gasteiger partial charge in [0.2, 0.25) is 11.6 Å². The number of carbonyl (C=O) groups is 1. The monoisotopic (exact) mass is 291 g/mol. The summed E-state index contributed by atoms with van der Waals surface area (Å²) >= 11 is 0. The number of allylic oxidation sites excluding steroid dienone is 4. The molecule has 0 saturated heterocycles. The lowest BCUT2D eigenvalue weighted by molar-refractivity contribution is 0.0838. The summed E-state index contributed by atoms with van der Waals surface area (Å²) in [6.07, 6.45) is 8.25. The molecule has 0 N–H and O–H groups in total. The summed E-state index contributed by atoms with van der Waals surface area (Å²) < 4.78 is 29.5. The lowest BCUT2D eigenvalue weighted by Gasteiger charge is -2.21. The van der Waals surface area contributed by atoms with Gasteiger partial charge in [-0.3, -0.25) is 4.79 Å². The summed E-state index contributed by atoms with van der Waals surface area (Å²) in [6, 6.07) is -0.153. The van der Waals surface area contributed by atoms with Gasteiger partial charge in [0.05, 0.1) is 6.04 Å². The number of hydrogen-bond donors (Lipinski definition) is 0. The van der Waals surface area contributed by atoms with Gasteiger partial charge in [-0.05, 0) is 19.3 Å². The minimum atomic E-state index is -1.81. The number of nitrogens with zero attached hydrogens (tertiary/aromatic N) is 3. The van der Waals surface area contributed by atoms with E-state index in [9.17, 15) is 13.6 Å². The molecular formula is C15H15F2N3O. The average Bonchev–Trinajstić information content (AvgIpc) is 2.98. The zero-order valence-corrected chi connectivity index (χ0v) is 11.4. The van der Waals surface area contributed by atoms with Crippen LogP contribution in [0.4, 0.5) is 8.78 Å². The molecule has 2 heterocycles. The molecule has 1 aromatic heterocycles. The molecule has 4 rings (SSSR count). The maximum atomic E-state index is 14.1. The summed E-state index contributed by atoms with van der Waals surface area (Å²) in [7, 11) is 0. The largest absolute Gasteiger partial charge is 0.287 e. The van der Waals surface area contributed by atoms with Crippen molar-refractivity contribution >= 4 is 5.78 Å². The topological polar surface area (TPSA) is 47.8 Å². The van der Waals surface area contributed by atoms with E-state index in [1.165, 1.54) is 4.68 Å². The summed E-state index contributed by atoms with van der Waals surface area (Å²) in [4.78, 5) is 15.9. The van der Waals surface area contributed by atoms with Gasteiger partial charge in [0.15, 0.2) is 17.7 Å². The Bertz CT molecular complexity index is 660. The number of aromatic nitrogens is 3. The Morgan fingerprint density at radius 1 is 1.38 bits per heavy atom. The van der Waals surface area contributed by atoms with Crippen molar-refractivity contribution in [3.63, 3.8) is 0 Å². The van der Waals surface area contributed by atoms with E-state index < -0.39 is 17.6 Å². The van der Waals surface area contributed by atoms with Crippen molar-refractivity contribution in [1.82, 2.24) is 14.8 Å². The molecular weight excluding hydrogens is 276 g/mol. The van der Waals surface area contributed by atoms with E-state index in [-0.39, 0.29) is 36.5 Å². The summed E-state index contributed by atoms with van der Waals surface area (Å²) in [5.74, 6) is -0.572. The van der Waals surface area contributed by atoms with Gasteiger partial charge in [-0.25, -0.2) is 18.4 Å². The van der Waals surface area contributed by atoms with E-state index in [0.717, 1.165) is 6.42 Å². The van der Waals surface area contributed by atoms with Crippen molar-refractivity contribution < 1.29 is 13.6 Å². The first-order valence-corrected chi connectivity index (χ1v) is 7.26. The Morgan fingerprint density at radius 2 is 2.19 bits per heavy atom. The first-order valence-electron chi connectivity index (χ1n) is 7.26. The minimum Gasteiger partial charge on any atom is -0.287 e. The van der Waals surface area contributed by atoms with Crippen LogP contribution in [0.15, 0.2) is 24.3 Å². The van der Waals surface area contributed by atoms with E-state index in [0.29, 0.717) is 6.42 Å². The molecule has 1 unspecified atom stereocenters. The van der Waals surface area contributed by atoms with Gasteiger partial charge >= 0.3 is 0 Å². The first-order chi connectivity index (χ1) is 10.1. The summed E-state index contributed by atoms with van der Waals surface area (Å²) in [6.45, 7) is 0. The fraction of sp³-hybridized carbons (Fsp3) is 0.533. The molecule has 1 saturated carbocycles. The quantitative estimate of drug-likeness (QED) is 0.804. The van der Waals surface area contributed by atoms with E-state index in [4.69, 9.17) is 0 Å². The van der Waals surface area contributed by atoms with Crippen LogP contribution in [0.5, 0.6) is 0 Å². The fourth-order valence-corrected chi connectivity index (χ4v) is 3.08. The van der Waals surface area contributed by atoms with Crippen LogP contribution in [0, 0.1) is 5.92 Å². The molecule has 0 amide bonds. The third kappa shape index (κ3) is 1.96. The molecule has 0 radical (unpaired) electrons. The zero-order valence-electron chi connectivity index (χ0n) is 11.4. The molecule has 110 valence electrons. The van der Waals surface area contributed by atoms with Crippen molar-refractivity contribution in [2.75, 3.05) is 0 Å². The van der Waals surface area contributed by atoms with Gasteiger partial charge in [-0.15, -0.1) is 5.10 Å². The molecule has 1 aliphatic heterocycles. The van der Waals surface area contributed by atoms with Crippen LogP contribution < -0.4 is 0 Å². The maximum Gasteiger partial charge on any atom is 0.238 e. The maximum absolute atomic E-state index is 14.1. The zero-order chi connectivity index (χ0) is 14.6.